The van der Waals surface area contributed by atoms with Crippen LogP contribution in [0.25, 0.3) is 0 Å². The summed E-state index contributed by atoms with van der Waals surface area (Å²) in [6.45, 7) is 4.42. The normalized spacial score (nSPS) is 6.35. The number of H-pyrrole nitrogens is 1. The van der Waals surface area contributed by atoms with Crippen LogP contribution >= 0.6 is 24.8 Å². The predicted molar refractivity (Wildman–Crippen MR) is 119 cm³/mol. The fourth-order valence-electron chi connectivity index (χ4n) is 0.581. The molecule has 0 spiro atoms. The van der Waals surface area contributed by atoms with E-state index in [-0.39, 0.29) is 98.5 Å². The molecule has 0 saturated heterocycles. The van der Waals surface area contributed by atoms with Crippen molar-refractivity contribution in [1.82, 2.24) is 4.98 Å². The summed E-state index contributed by atoms with van der Waals surface area (Å²) in [5, 5.41) is 0. The molecule has 0 aromatic carbocycles. The molecule has 0 atom stereocenters. The van der Waals surface area contributed by atoms with Crippen LogP contribution in [0.15, 0.2) is 36.6 Å². The number of aromatic amines is 1. The molecule has 0 unspecified atom stereocenters. The van der Waals surface area contributed by atoms with Gasteiger partial charge in [-0.1, -0.05) is 13.1 Å². The molecule has 147 valence electrons. The van der Waals surface area contributed by atoms with Gasteiger partial charge >= 0.3 is 0 Å². The van der Waals surface area contributed by atoms with Crippen LogP contribution < -0.4 is 0 Å². The van der Waals surface area contributed by atoms with Gasteiger partial charge in [-0.15, -0.1) is 37.4 Å². The second kappa shape index (κ2) is 79.3. The van der Waals surface area contributed by atoms with Crippen molar-refractivity contribution in [1.29, 1.82) is 0 Å². The molecule has 1 N–H and O–H groups in total. The third-order valence-electron chi connectivity index (χ3n) is 1.03. The van der Waals surface area contributed by atoms with Crippen LogP contribution in [0.3, 0.4) is 0 Å². The Morgan fingerprint density at radius 2 is 1.35 bits per heavy atom. The van der Waals surface area contributed by atoms with E-state index in [1.54, 1.807) is 0 Å². The van der Waals surface area contributed by atoms with E-state index in [4.69, 9.17) is 0 Å². The van der Waals surface area contributed by atoms with Crippen molar-refractivity contribution in [3.63, 3.8) is 0 Å². The Morgan fingerprint density at radius 3 is 1.43 bits per heavy atom. The standard InChI is InChI=1S/C5H5.C4H4N.C2H7Si.7CH3.2ClH.Ti/c2*1-2-4-5-3-1;1-3-2;;;;;;;;;;/h1-3H,4H2;1-3,5H;3H,1-2H3;7*1H3;2*1H;/q2*-1;;7*-1;;;. The van der Waals surface area contributed by atoms with E-state index < -0.39 is 0 Å². The van der Waals surface area contributed by atoms with Crippen LogP contribution in [0.4, 0.5) is 0 Å². The summed E-state index contributed by atoms with van der Waals surface area (Å²) < 4.78 is 0. The number of rotatable bonds is 0. The maximum absolute atomic E-state index is 2.99. The maximum atomic E-state index is 2.99. The van der Waals surface area contributed by atoms with E-state index in [0.717, 1.165) is 15.9 Å². The van der Waals surface area contributed by atoms with E-state index in [1.165, 1.54) is 0 Å². The summed E-state index contributed by atoms with van der Waals surface area (Å²) in [7, 11) is 0.750. The monoisotopic (exact) mass is 415 g/mol. The van der Waals surface area contributed by atoms with Crippen LogP contribution in [0.1, 0.15) is 6.42 Å². The number of hydrogen-bond acceptors (Lipinski definition) is 0. The first kappa shape index (κ1) is 76.7. The summed E-state index contributed by atoms with van der Waals surface area (Å²) in [6.07, 6.45) is 14.6. The van der Waals surface area contributed by atoms with Crippen LogP contribution in [-0.4, -0.2) is 14.5 Å². The zero-order chi connectivity index (χ0) is 9.78. The van der Waals surface area contributed by atoms with Gasteiger partial charge in [-0.3, -0.25) is 6.08 Å². The van der Waals surface area contributed by atoms with Crippen molar-refractivity contribution in [3.05, 3.63) is 101 Å². The van der Waals surface area contributed by atoms with Gasteiger partial charge in [0.15, 0.2) is 0 Å². The van der Waals surface area contributed by atoms with Crippen molar-refractivity contribution in [3.8, 4) is 0 Å². The maximum Gasteiger partial charge on any atom is 0.0213 e. The van der Waals surface area contributed by atoms with Crippen LogP contribution in [0.2, 0.25) is 13.1 Å². The Kier molecular flexibility index (Phi) is 264. The van der Waals surface area contributed by atoms with Gasteiger partial charge in [-0.25, -0.2) is 12.2 Å². The van der Waals surface area contributed by atoms with E-state index in [0.29, 0.717) is 0 Å². The summed E-state index contributed by atoms with van der Waals surface area (Å²) in [4.78, 5) is 2.74. The van der Waals surface area contributed by atoms with Crippen LogP contribution in [0.5, 0.6) is 0 Å². The molecule has 1 heterocycles. The third kappa shape index (κ3) is 86.7. The zero-order valence-corrected chi connectivity index (χ0v) is 20.9. The molecule has 1 aliphatic carbocycles. The smallest absolute Gasteiger partial charge is 0.0213 e. The van der Waals surface area contributed by atoms with Gasteiger partial charge in [0.25, 0.3) is 0 Å². The molecule has 2 rings (SSSR count). The number of aromatic nitrogens is 1. The van der Waals surface area contributed by atoms with Gasteiger partial charge in [0.2, 0.25) is 0 Å². The topological polar surface area (TPSA) is 15.8 Å². The van der Waals surface area contributed by atoms with Gasteiger partial charge in [-0.2, -0.15) is 24.4 Å². The molecule has 0 amide bonds. The molecule has 0 aliphatic heterocycles. The van der Waals surface area contributed by atoms with E-state index in [9.17, 15) is 0 Å². The molecular weight excluding hydrogens is 377 g/mol. The van der Waals surface area contributed by atoms with Crippen molar-refractivity contribution < 1.29 is 21.7 Å². The first-order valence-electron chi connectivity index (χ1n) is 4.37. The number of halogens is 2. The quantitative estimate of drug-likeness (QED) is 0.361. The van der Waals surface area contributed by atoms with E-state index in [2.05, 4.69) is 36.4 Å². The van der Waals surface area contributed by atoms with Gasteiger partial charge in [0.1, 0.15) is 0 Å². The number of allylic oxidation sites excluding steroid dienone is 4. The summed E-state index contributed by atoms with van der Waals surface area (Å²) >= 11 is 0. The van der Waals surface area contributed by atoms with Crippen molar-refractivity contribution in [2.24, 2.45) is 0 Å². The SMILES string of the molecule is C[SiH]C.Cl.Cl.[C-]1=CC=CC1.[CH3-].[CH3-].[CH3-].[CH3-].[CH3-].[CH3-].[CH3-].[Ti].[c-]1ccc[nH]1. The second-order valence-corrected chi connectivity index (χ2v) is 3.55. The van der Waals surface area contributed by atoms with Gasteiger partial charge < -0.3 is 57.0 Å². The second-order valence-electron chi connectivity index (χ2n) is 2.39. The minimum Gasteiger partial charge on any atom is -0.484 e. The summed E-state index contributed by atoms with van der Waals surface area (Å²) in [5.74, 6) is 0. The molecule has 1 aromatic rings. The van der Waals surface area contributed by atoms with Crippen LogP contribution in [-0.2, 0) is 21.7 Å². The average Bonchev–Trinajstić information content (AvgIpc) is 2.85. The summed E-state index contributed by atoms with van der Waals surface area (Å²) in [5.41, 5.74) is 0. The average molecular weight is 416 g/mol. The third-order valence-corrected chi connectivity index (χ3v) is 1.03. The molecule has 1 aromatic heterocycles. The molecule has 0 bridgehead atoms. The Morgan fingerprint density at radius 1 is 0.913 bits per heavy atom. The molecule has 5 heteroatoms. The molecular formula is C18H39Cl2NSiTi-9. The molecule has 0 saturated carbocycles. The van der Waals surface area contributed by atoms with Crippen LogP contribution in [0, 0.1) is 64.3 Å². The number of nitrogens with one attached hydrogen (secondary N) is 1. The Hall–Kier alpha value is 0.271. The Bertz CT molecular complexity index is 202. The minimum absolute atomic E-state index is 0. The minimum atomic E-state index is 0. The number of hydrogen-bond donors (Lipinski definition) is 1. The van der Waals surface area contributed by atoms with E-state index in [1.807, 2.05) is 30.5 Å². The summed E-state index contributed by atoms with van der Waals surface area (Å²) in [6, 6.07) is 3.71. The molecule has 0 fully saturated rings. The van der Waals surface area contributed by atoms with Gasteiger partial charge in [0, 0.05) is 31.2 Å². The fraction of sp³-hybridized carbons (Fsp3) is 0.167. The molecule has 23 heavy (non-hydrogen) atoms. The van der Waals surface area contributed by atoms with Crippen molar-refractivity contribution in [2.45, 2.75) is 19.5 Å². The van der Waals surface area contributed by atoms with E-state index >= 15 is 0 Å². The Labute approximate surface area is 180 Å². The van der Waals surface area contributed by atoms with Gasteiger partial charge in [0.05, 0.1) is 0 Å². The molecule has 1 radical (unpaired) electrons. The van der Waals surface area contributed by atoms with Gasteiger partial charge in [-0.05, 0) is 0 Å². The predicted octanol–water partition coefficient (Wildman–Crippen LogP) is 6.63. The first-order chi connectivity index (χ1) is 6.41. The zero-order valence-electron chi connectivity index (χ0n) is 16.6. The van der Waals surface area contributed by atoms with Crippen molar-refractivity contribution in [2.75, 3.05) is 0 Å². The molecule has 1 nitrogen and oxygen atoms in total. The largest absolute Gasteiger partial charge is 0.484 e. The fourth-order valence-corrected chi connectivity index (χ4v) is 0.581. The van der Waals surface area contributed by atoms with Crippen molar-refractivity contribution >= 4 is 34.3 Å². The Balaban J connectivity index is -0.00000000874. The first-order valence-corrected chi connectivity index (χ1v) is 6.68. The molecule has 1 aliphatic rings.